The number of anilines is 1. The first-order valence-electron chi connectivity index (χ1n) is 7.21. The molecule has 0 unspecified atom stereocenters. The molecule has 1 heterocycles. The average Bonchev–Trinajstić information content (AvgIpc) is 2.43. The maximum absolute atomic E-state index is 2.55. The van der Waals surface area contributed by atoms with Gasteiger partial charge in [0.2, 0.25) is 0 Å². The van der Waals surface area contributed by atoms with E-state index in [9.17, 15) is 0 Å². The van der Waals surface area contributed by atoms with Crippen LogP contribution in [0.15, 0.2) is 24.3 Å². The highest BCUT2D eigenvalue weighted by atomic mass is 15.1. The maximum Gasteiger partial charge on any atom is 0.0366 e. The third kappa shape index (κ3) is 3.49. The molecule has 1 aliphatic rings. The largest absolute Gasteiger partial charge is 0.372 e. The van der Waals surface area contributed by atoms with Crippen LogP contribution in [-0.2, 0) is 6.54 Å². The lowest BCUT2D eigenvalue weighted by atomic mass is 10.1. The Morgan fingerprint density at radius 1 is 1.00 bits per heavy atom. The van der Waals surface area contributed by atoms with Crippen LogP contribution >= 0.6 is 0 Å². The van der Waals surface area contributed by atoms with E-state index in [0.29, 0.717) is 0 Å². The number of hydrogen-bond acceptors (Lipinski definition) is 2. The summed E-state index contributed by atoms with van der Waals surface area (Å²) < 4.78 is 0. The summed E-state index contributed by atoms with van der Waals surface area (Å²) in [6.07, 6.45) is 4.90. The SMILES string of the molecule is CCN(CC)c1ccc(CN2CC[CH]CC2)cc1. The highest BCUT2D eigenvalue weighted by Crippen LogP contribution is 2.17. The highest BCUT2D eigenvalue weighted by Gasteiger charge is 2.10. The van der Waals surface area contributed by atoms with Crippen molar-refractivity contribution in [3.8, 4) is 0 Å². The standard InChI is InChI=1S/C16H25N2/c1-3-18(4-2)16-10-8-15(9-11-16)14-17-12-6-5-7-13-17/h5,8-11H,3-4,6-7,12-14H2,1-2H3. The lowest BCUT2D eigenvalue weighted by Gasteiger charge is -2.26. The predicted molar refractivity (Wildman–Crippen MR) is 78.8 cm³/mol. The molecule has 0 N–H and O–H groups in total. The number of benzene rings is 1. The minimum Gasteiger partial charge on any atom is -0.372 e. The average molecular weight is 245 g/mol. The van der Waals surface area contributed by atoms with Crippen molar-refractivity contribution in [1.82, 2.24) is 4.90 Å². The van der Waals surface area contributed by atoms with Gasteiger partial charge in [0.1, 0.15) is 0 Å². The number of likely N-dealkylation sites (tertiary alicyclic amines) is 1. The Hall–Kier alpha value is -1.02. The zero-order chi connectivity index (χ0) is 12.8. The summed E-state index contributed by atoms with van der Waals surface area (Å²) in [5.41, 5.74) is 2.78. The van der Waals surface area contributed by atoms with E-state index in [1.807, 2.05) is 0 Å². The Bertz CT molecular complexity index is 335. The summed E-state index contributed by atoms with van der Waals surface area (Å²) in [6.45, 7) is 10.1. The monoisotopic (exact) mass is 245 g/mol. The lowest BCUT2D eigenvalue weighted by molar-refractivity contribution is 0.246. The van der Waals surface area contributed by atoms with Crippen molar-refractivity contribution in [2.24, 2.45) is 0 Å². The molecule has 0 aliphatic carbocycles. The fourth-order valence-electron chi connectivity index (χ4n) is 2.62. The molecule has 2 rings (SSSR count). The Morgan fingerprint density at radius 3 is 2.17 bits per heavy atom. The van der Waals surface area contributed by atoms with Crippen molar-refractivity contribution in [3.05, 3.63) is 36.2 Å². The van der Waals surface area contributed by atoms with Gasteiger partial charge >= 0.3 is 0 Å². The topological polar surface area (TPSA) is 6.48 Å². The molecule has 1 aromatic carbocycles. The van der Waals surface area contributed by atoms with E-state index in [1.165, 1.54) is 37.2 Å². The molecule has 1 aliphatic heterocycles. The molecule has 0 bridgehead atoms. The second kappa shape index (κ2) is 6.79. The van der Waals surface area contributed by atoms with Gasteiger partial charge in [0, 0.05) is 25.3 Å². The number of hydrogen-bond donors (Lipinski definition) is 0. The van der Waals surface area contributed by atoms with Gasteiger partial charge in [-0.25, -0.2) is 0 Å². The summed E-state index contributed by atoms with van der Waals surface area (Å²) in [4.78, 5) is 4.94. The molecule has 0 atom stereocenters. The first-order chi connectivity index (χ1) is 8.83. The minimum absolute atomic E-state index is 1.08. The Labute approximate surface area is 112 Å². The van der Waals surface area contributed by atoms with Gasteiger partial charge in [-0.2, -0.15) is 0 Å². The lowest BCUT2D eigenvalue weighted by Crippen LogP contribution is -2.29. The van der Waals surface area contributed by atoms with Gasteiger partial charge in [0.05, 0.1) is 0 Å². The Balaban J connectivity index is 1.94. The van der Waals surface area contributed by atoms with Gasteiger partial charge in [-0.1, -0.05) is 12.1 Å². The zero-order valence-corrected chi connectivity index (χ0v) is 11.7. The van der Waals surface area contributed by atoms with Crippen molar-refractivity contribution >= 4 is 5.69 Å². The molecular formula is C16H25N2. The fourth-order valence-corrected chi connectivity index (χ4v) is 2.62. The molecule has 0 aromatic heterocycles. The zero-order valence-electron chi connectivity index (χ0n) is 11.7. The fraction of sp³-hybridized carbons (Fsp3) is 0.562. The van der Waals surface area contributed by atoms with Crippen LogP contribution in [0.1, 0.15) is 32.3 Å². The van der Waals surface area contributed by atoms with E-state index in [1.54, 1.807) is 0 Å². The van der Waals surface area contributed by atoms with Crippen LogP contribution in [-0.4, -0.2) is 31.1 Å². The van der Waals surface area contributed by atoms with E-state index in [2.05, 4.69) is 54.3 Å². The number of piperidine rings is 1. The van der Waals surface area contributed by atoms with E-state index >= 15 is 0 Å². The molecule has 0 saturated carbocycles. The van der Waals surface area contributed by atoms with Gasteiger partial charge in [-0.05, 0) is 63.9 Å². The number of nitrogens with zero attached hydrogens (tertiary/aromatic N) is 2. The van der Waals surface area contributed by atoms with Crippen LogP contribution in [0.25, 0.3) is 0 Å². The van der Waals surface area contributed by atoms with Crippen molar-refractivity contribution < 1.29 is 0 Å². The Morgan fingerprint density at radius 2 is 1.61 bits per heavy atom. The summed E-state index contributed by atoms with van der Waals surface area (Å²) in [6, 6.07) is 9.09. The van der Waals surface area contributed by atoms with Gasteiger partial charge < -0.3 is 4.90 Å². The van der Waals surface area contributed by atoms with Crippen molar-refractivity contribution in [2.75, 3.05) is 31.1 Å². The third-order valence-electron chi connectivity index (χ3n) is 3.77. The molecule has 1 radical (unpaired) electrons. The van der Waals surface area contributed by atoms with Crippen molar-refractivity contribution in [3.63, 3.8) is 0 Å². The first-order valence-corrected chi connectivity index (χ1v) is 7.21. The maximum atomic E-state index is 2.55. The first kappa shape index (κ1) is 13.4. The summed E-state index contributed by atoms with van der Waals surface area (Å²) in [5.74, 6) is 0. The number of rotatable bonds is 5. The van der Waals surface area contributed by atoms with Crippen LogP contribution in [0.3, 0.4) is 0 Å². The summed E-state index contributed by atoms with van der Waals surface area (Å²) in [5, 5.41) is 0. The van der Waals surface area contributed by atoms with E-state index in [4.69, 9.17) is 0 Å². The molecule has 0 spiro atoms. The molecule has 1 aromatic rings. The van der Waals surface area contributed by atoms with Crippen LogP contribution < -0.4 is 4.90 Å². The predicted octanol–water partition coefficient (Wildman–Crippen LogP) is 3.33. The summed E-state index contributed by atoms with van der Waals surface area (Å²) >= 11 is 0. The van der Waals surface area contributed by atoms with Gasteiger partial charge in [0.15, 0.2) is 0 Å². The van der Waals surface area contributed by atoms with Crippen molar-refractivity contribution in [1.29, 1.82) is 0 Å². The quantitative estimate of drug-likeness (QED) is 0.785. The Kier molecular flexibility index (Phi) is 5.06. The molecule has 1 saturated heterocycles. The smallest absolute Gasteiger partial charge is 0.0366 e. The van der Waals surface area contributed by atoms with Gasteiger partial charge in [0.25, 0.3) is 0 Å². The van der Waals surface area contributed by atoms with Crippen LogP contribution in [0, 0.1) is 6.42 Å². The van der Waals surface area contributed by atoms with Crippen molar-refractivity contribution in [2.45, 2.75) is 33.2 Å². The normalized spacial score (nSPS) is 16.8. The second-order valence-corrected chi connectivity index (χ2v) is 4.98. The molecule has 1 fully saturated rings. The highest BCUT2D eigenvalue weighted by molar-refractivity contribution is 5.47. The molecule has 2 nitrogen and oxygen atoms in total. The molecule has 2 heteroatoms. The van der Waals surface area contributed by atoms with E-state index in [-0.39, 0.29) is 0 Å². The molecule has 18 heavy (non-hydrogen) atoms. The molecule has 99 valence electrons. The molecule has 0 amide bonds. The second-order valence-electron chi connectivity index (χ2n) is 4.98. The van der Waals surface area contributed by atoms with Crippen LogP contribution in [0.2, 0.25) is 0 Å². The van der Waals surface area contributed by atoms with E-state index < -0.39 is 0 Å². The van der Waals surface area contributed by atoms with Crippen LogP contribution in [0.4, 0.5) is 5.69 Å². The van der Waals surface area contributed by atoms with E-state index in [0.717, 1.165) is 19.6 Å². The van der Waals surface area contributed by atoms with Gasteiger partial charge in [-0.15, -0.1) is 0 Å². The molecular weight excluding hydrogens is 220 g/mol. The van der Waals surface area contributed by atoms with Gasteiger partial charge in [-0.3, -0.25) is 4.90 Å². The van der Waals surface area contributed by atoms with Crippen LogP contribution in [0.5, 0.6) is 0 Å². The summed E-state index contributed by atoms with van der Waals surface area (Å²) in [7, 11) is 0. The minimum atomic E-state index is 1.08. The third-order valence-corrected chi connectivity index (χ3v) is 3.77.